The highest BCUT2D eigenvalue weighted by molar-refractivity contribution is 7.89. The molecule has 8 heteroatoms. The Labute approximate surface area is 98.4 Å². The van der Waals surface area contributed by atoms with Gasteiger partial charge in [-0.3, -0.25) is 0 Å². The lowest BCUT2D eigenvalue weighted by molar-refractivity contribution is 0.582. The molecule has 0 bridgehead atoms. The van der Waals surface area contributed by atoms with Crippen LogP contribution in [0.15, 0.2) is 34.3 Å². The fraction of sp³-hybridized carbons (Fsp3) is 0.222. The van der Waals surface area contributed by atoms with E-state index in [1.54, 1.807) is 12.1 Å². The number of nitriles is 1. The molecular weight excluding hydrogens is 242 g/mol. The van der Waals surface area contributed by atoms with Gasteiger partial charge in [0.05, 0.1) is 10.5 Å². The lowest BCUT2D eigenvalue weighted by Crippen LogP contribution is -2.26. The smallest absolute Gasteiger partial charge is 0.211 e. The van der Waals surface area contributed by atoms with Crippen LogP contribution in [0.4, 0.5) is 0 Å². The van der Waals surface area contributed by atoms with Crippen molar-refractivity contribution in [2.24, 2.45) is 5.11 Å². The number of nitrogens with one attached hydrogen (secondary N) is 1. The molecule has 0 aliphatic heterocycles. The first-order valence-electron chi connectivity index (χ1n) is 4.61. The molecule has 0 unspecified atom stereocenters. The van der Waals surface area contributed by atoms with Crippen molar-refractivity contribution in [3.63, 3.8) is 0 Å². The van der Waals surface area contributed by atoms with Gasteiger partial charge < -0.3 is 0 Å². The molecule has 0 radical (unpaired) electrons. The van der Waals surface area contributed by atoms with Crippen molar-refractivity contribution in [1.29, 1.82) is 5.26 Å². The normalized spacial score (nSPS) is 10.3. The molecule has 1 rings (SSSR count). The summed E-state index contributed by atoms with van der Waals surface area (Å²) in [5.41, 5.74) is 8.11. The molecular formula is C9H9N5O2S. The van der Waals surface area contributed by atoms with Gasteiger partial charge in [-0.25, -0.2) is 13.1 Å². The zero-order chi connectivity index (χ0) is 12.7. The quantitative estimate of drug-likeness (QED) is 0.365. The van der Waals surface area contributed by atoms with E-state index in [4.69, 9.17) is 10.8 Å². The number of azide groups is 1. The average Bonchev–Trinajstić information content (AvgIpc) is 2.34. The minimum atomic E-state index is -3.74. The molecule has 7 nitrogen and oxygen atoms in total. The summed E-state index contributed by atoms with van der Waals surface area (Å²) in [6, 6.07) is 7.67. The first-order valence-corrected chi connectivity index (χ1v) is 6.10. The van der Waals surface area contributed by atoms with Gasteiger partial charge in [0.2, 0.25) is 10.0 Å². The summed E-state index contributed by atoms with van der Waals surface area (Å²) < 4.78 is 25.8. The van der Waals surface area contributed by atoms with Gasteiger partial charge in [0.1, 0.15) is 6.07 Å². The van der Waals surface area contributed by atoms with Gasteiger partial charge in [-0.1, -0.05) is 17.2 Å². The molecule has 1 N–H and O–H groups in total. The summed E-state index contributed by atoms with van der Waals surface area (Å²) in [5.74, 6) is 0. The summed E-state index contributed by atoms with van der Waals surface area (Å²) >= 11 is 0. The van der Waals surface area contributed by atoms with E-state index in [-0.39, 0.29) is 23.5 Å². The Kier molecular flexibility index (Phi) is 4.48. The highest BCUT2D eigenvalue weighted by Gasteiger charge is 2.16. The topological polar surface area (TPSA) is 119 Å². The molecule has 0 amide bonds. The summed E-state index contributed by atoms with van der Waals surface area (Å²) in [7, 11) is -3.74. The van der Waals surface area contributed by atoms with Gasteiger partial charge in [-0.15, -0.1) is 0 Å². The second kappa shape index (κ2) is 5.86. The van der Waals surface area contributed by atoms with E-state index in [1.165, 1.54) is 18.2 Å². The summed E-state index contributed by atoms with van der Waals surface area (Å²) in [6.45, 7) is 0.0105. The Hall–Kier alpha value is -2.07. The molecule has 0 heterocycles. The first kappa shape index (κ1) is 13.0. The largest absolute Gasteiger partial charge is 0.241 e. The van der Waals surface area contributed by atoms with Crippen LogP contribution in [0.3, 0.4) is 0 Å². The molecule has 88 valence electrons. The van der Waals surface area contributed by atoms with Gasteiger partial charge in [0.25, 0.3) is 0 Å². The Morgan fingerprint density at radius 2 is 2.18 bits per heavy atom. The number of benzene rings is 1. The number of nitrogens with zero attached hydrogens (tertiary/aromatic N) is 4. The van der Waals surface area contributed by atoms with Crippen LogP contribution in [0.1, 0.15) is 5.56 Å². The maximum atomic E-state index is 11.8. The first-order chi connectivity index (χ1) is 8.11. The minimum absolute atomic E-state index is 0.00778. The van der Waals surface area contributed by atoms with Crippen LogP contribution in [0.2, 0.25) is 0 Å². The monoisotopic (exact) mass is 251 g/mol. The predicted molar refractivity (Wildman–Crippen MR) is 60.4 cm³/mol. The fourth-order valence-corrected chi connectivity index (χ4v) is 2.32. The summed E-state index contributed by atoms with van der Waals surface area (Å²) in [4.78, 5) is 2.42. The van der Waals surface area contributed by atoms with Crippen LogP contribution in [0, 0.1) is 11.3 Å². The minimum Gasteiger partial charge on any atom is -0.211 e. The molecule has 0 aliphatic carbocycles. The van der Waals surface area contributed by atoms with E-state index in [1.807, 2.05) is 0 Å². The van der Waals surface area contributed by atoms with Crippen LogP contribution >= 0.6 is 0 Å². The Bertz CT molecular complexity index is 584. The third kappa shape index (κ3) is 3.46. The van der Waals surface area contributed by atoms with Crippen molar-refractivity contribution in [2.45, 2.75) is 4.90 Å². The van der Waals surface area contributed by atoms with Crippen LogP contribution in [0.5, 0.6) is 0 Å². The van der Waals surface area contributed by atoms with Gasteiger partial charge in [0, 0.05) is 18.0 Å². The van der Waals surface area contributed by atoms with E-state index in [0.717, 1.165) is 0 Å². The molecule has 1 aromatic carbocycles. The molecule has 0 atom stereocenters. The second-order valence-electron chi connectivity index (χ2n) is 2.96. The SMILES string of the molecule is N#Cc1ccccc1S(=O)(=O)NCCN=[N+]=[N-]. The Balaban J connectivity index is 2.90. The Morgan fingerprint density at radius 3 is 2.82 bits per heavy atom. The molecule has 0 saturated heterocycles. The fourth-order valence-electron chi connectivity index (χ4n) is 1.15. The van der Waals surface area contributed by atoms with Crippen LogP contribution < -0.4 is 4.72 Å². The predicted octanol–water partition coefficient (Wildman–Crippen LogP) is 1.15. The van der Waals surface area contributed by atoms with Crippen molar-refractivity contribution in [2.75, 3.05) is 13.1 Å². The molecule has 0 spiro atoms. The average molecular weight is 251 g/mol. The lowest BCUT2D eigenvalue weighted by atomic mass is 10.2. The summed E-state index contributed by atoms with van der Waals surface area (Å²) in [6.07, 6.45) is 0. The zero-order valence-corrected chi connectivity index (χ0v) is 9.55. The van der Waals surface area contributed by atoms with Gasteiger partial charge in [0.15, 0.2) is 0 Å². The van der Waals surface area contributed by atoms with E-state index in [2.05, 4.69) is 14.7 Å². The van der Waals surface area contributed by atoms with Crippen LogP contribution in [-0.4, -0.2) is 21.5 Å². The van der Waals surface area contributed by atoms with Gasteiger partial charge >= 0.3 is 0 Å². The highest BCUT2D eigenvalue weighted by Crippen LogP contribution is 2.13. The van der Waals surface area contributed by atoms with Crippen molar-refractivity contribution in [3.05, 3.63) is 40.3 Å². The van der Waals surface area contributed by atoms with Crippen molar-refractivity contribution < 1.29 is 8.42 Å². The standard InChI is InChI=1S/C9H9N5O2S/c10-7-8-3-1-2-4-9(8)17(15,16)13-6-5-12-14-11/h1-4,13H,5-6H2. The van der Waals surface area contributed by atoms with E-state index >= 15 is 0 Å². The number of sulfonamides is 1. The van der Waals surface area contributed by atoms with E-state index in [0.29, 0.717) is 0 Å². The van der Waals surface area contributed by atoms with Crippen molar-refractivity contribution in [1.82, 2.24) is 4.72 Å². The Morgan fingerprint density at radius 1 is 1.47 bits per heavy atom. The number of hydrogen-bond acceptors (Lipinski definition) is 4. The molecule has 0 aromatic heterocycles. The van der Waals surface area contributed by atoms with Gasteiger partial charge in [-0.2, -0.15) is 5.26 Å². The van der Waals surface area contributed by atoms with Crippen LogP contribution in [0.25, 0.3) is 10.4 Å². The molecule has 0 fully saturated rings. The maximum Gasteiger partial charge on any atom is 0.241 e. The summed E-state index contributed by atoms with van der Waals surface area (Å²) in [5, 5.41) is 12.0. The molecule has 0 saturated carbocycles. The van der Waals surface area contributed by atoms with E-state index in [9.17, 15) is 8.42 Å². The van der Waals surface area contributed by atoms with Gasteiger partial charge in [-0.05, 0) is 17.7 Å². The third-order valence-corrected chi connectivity index (χ3v) is 3.38. The number of hydrogen-bond donors (Lipinski definition) is 1. The van der Waals surface area contributed by atoms with E-state index < -0.39 is 10.0 Å². The van der Waals surface area contributed by atoms with Crippen LogP contribution in [-0.2, 0) is 10.0 Å². The van der Waals surface area contributed by atoms with Crippen molar-refractivity contribution in [3.8, 4) is 6.07 Å². The molecule has 1 aromatic rings. The van der Waals surface area contributed by atoms with Crippen molar-refractivity contribution >= 4 is 10.0 Å². The molecule has 17 heavy (non-hydrogen) atoms. The molecule has 0 aliphatic rings. The zero-order valence-electron chi connectivity index (χ0n) is 8.74. The second-order valence-corrected chi connectivity index (χ2v) is 4.70. The number of rotatable bonds is 5. The third-order valence-electron chi connectivity index (χ3n) is 1.86. The lowest BCUT2D eigenvalue weighted by Gasteiger charge is -2.06. The maximum absolute atomic E-state index is 11.8. The highest BCUT2D eigenvalue weighted by atomic mass is 32.2.